The maximum absolute atomic E-state index is 11.3. The molecule has 0 spiro atoms. The van der Waals surface area contributed by atoms with Gasteiger partial charge < -0.3 is 5.32 Å². The van der Waals surface area contributed by atoms with Crippen LogP contribution in [0.2, 0.25) is 0 Å². The van der Waals surface area contributed by atoms with Crippen molar-refractivity contribution in [2.24, 2.45) is 0 Å². The van der Waals surface area contributed by atoms with Gasteiger partial charge in [0.25, 0.3) is 0 Å². The Morgan fingerprint density at radius 3 is 2.65 bits per heavy atom. The molecule has 0 bridgehead atoms. The summed E-state index contributed by atoms with van der Waals surface area (Å²) >= 11 is 0. The summed E-state index contributed by atoms with van der Waals surface area (Å²) < 4.78 is 24.5. The molecule has 0 aliphatic rings. The van der Waals surface area contributed by atoms with Crippen molar-refractivity contribution < 1.29 is 8.42 Å². The van der Waals surface area contributed by atoms with Gasteiger partial charge >= 0.3 is 0 Å². The van der Waals surface area contributed by atoms with Crippen molar-refractivity contribution >= 4 is 9.84 Å². The van der Waals surface area contributed by atoms with Crippen molar-refractivity contribution in [3.8, 4) is 5.69 Å². The van der Waals surface area contributed by atoms with Crippen LogP contribution in [0.4, 0.5) is 0 Å². The lowest BCUT2D eigenvalue weighted by atomic mass is 10.3. The first kappa shape index (κ1) is 14.7. The minimum absolute atomic E-state index is 0.170. The second-order valence-electron chi connectivity index (χ2n) is 4.50. The first-order valence-corrected chi connectivity index (χ1v) is 8.44. The highest BCUT2D eigenvalue weighted by atomic mass is 32.2. The number of nitrogens with one attached hydrogen (secondary N) is 1. The molecular weight excluding hydrogens is 274 g/mol. The molecule has 0 atom stereocenters. The van der Waals surface area contributed by atoms with Gasteiger partial charge in [-0.2, -0.15) is 5.10 Å². The maximum atomic E-state index is 11.3. The maximum Gasteiger partial charge on any atom is 0.151 e. The summed E-state index contributed by atoms with van der Waals surface area (Å²) in [6.45, 7) is 2.68. The molecule has 0 aliphatic heterocycles. The van der Waals surface area contributed by atoms with E-state index in [9.17, 15) is 8.42 Å². The number of para-hydroxylation sites is 1. The number of sulfone groups is 1. The number of benzene rings is 1. The third kappa shape index (κ3) is 4.18. The molecule has 6 heteroatoms. The van der Waals surface area contributed by atoms with Crippen LogP contribution < -0.4 is 5.32 Å². The van der Waals surface area contributed by atoms with Crippen LogP contribution in [0, 0.1) is 0 Å². The normalized spacial score (nSPS) is 11.7. The van der Waals surface area contributed by atoms with Crippen LogP contribution in [-0.2, 0) is 16.4 Å². The summed E-state index contributed by atoms with van der Waals surface area (Å²) in [6.07, 6.45) is 1.90. The third-order valence-electron chi connectivity index (χ3n) is 3.00. The summed E-state index contributed by atoms with van der Waals surface area (Å²) in [5.41, 5.74) is 1.90. The predicted molar refractivity (Wildman–Crippen MR) is 79.6 cm³/mol. The van der Waals surface area contributed by atoms with Gasteiger partial charge in [-0.05, 0) is 18.2 Å². The topological polar surface area (TPSA) is 64.0 Å². The molecule has 0 fully saturated rings. The SMILES string of the molecule is CCS(=O)(=O)CCNCc1ccn(-c2ccccc2)n1. The van der Waals surface area contributed by atoms with E-state index >= 15 is 0 Å². The van der Waals surface area contributed by atoms with Crippen molar-refractivity contribution in [2.45, 2.75) is 13.5 Å². The Hall–Kier alpha value is -1.66. The Kier molecular flexibility index (Phi) is 4.92. The van der Waals surface area contributed by atoms with Gasteiger partial charge in [-0.3, -0.25) is 0 Å². The Bertz CT molecular complexity index is 635. The molecule has 0 amide bonds. The summed E-state index contributed by atoms with van der Waals surface area (Å²) in [5, 5.41) is 7.54. The summed E-state index contributed by atoms with van der Waals surface area (Å²) in [6, 6.07) is 11.8. The molecular formula is C14H19N3O2S. The van der Waals surface area contributed by atoms with Crippen molar-refractivity contribution in [2.75, 3.05) is 18.1 Å². The highest BCUT2D eigenvalue weighted by molar-refractivity contribution is 7.91. The molecule has 1 aromatic heterocycles. The van der Waals surface area contributed by atoms with E-state index in [0.717, 1.165) is 11.4 Å². The number of hydrogen-bond donors (Lipinski definition) is 1. The lowest BCUT2D eigenvalue weighted by Gasteiger charge is -2.03. The fourth-order valence-electron chi connectivity index (χ4n) is 1.77. The van der Waals surface area contributed by atoms with Crippen LogP contribution in [0.3, 0.4) is 0 Å². The lowest BCUT2D eigenvalue weighted by Crippen LogP contribution is -2.23. The van der Waals surface area contributed by atoms with Crippen LogP contribution in [0.1, 0.15) is 12.6 Å². The fraction of sp³-hybridized carbons (Fsp3) is 0.357. The van der Waals surface area contributed by atoms with Gasteiger partial charge in [-0.15, -0.1) is 0 Å². The highest BCUT2D eigenvalue weighted by Gasteiger charge is 2.06. The van der Waals surface area contributed by atoms with E-state index in [1.54, 1.807) is 11.6 Å². The zero-order valence-corrected chi connectivity index (χ0v) is 12.3. The van der Waals surface area contributed by atoms with Crippen LogP contribution in [0.25, 0.3) is 5.69 Å². The average Bonchev–Trinajstić information content (AvgIpc) is 2.93. The molecule has 0 unspecified atom stereocenters. The third-order valence-corrected chi connectivity index (χ3v) is 4.71. The van der Waals surface area contributed by atoms with E-state index in [0.29, 0.717) is 13.1 Å². The van der Waals surface area contributed by atoms with E-state index in [-0.39, 0.29) is 11.5 Å². The second-order valence-corrected chi connectivity index (χ2v) is 6.97. The molecule has 2 rings (SSSR count). The Balaban J connectivity index is 1.85. The molecule has 5 nitrogen and oxygen atoms in total. The molecule has 108 valence electrons. The zero-order valence-electron chi connectivity index (χ0n) is 11.5. The Labute approximate surface area is 119 Å². The van der Waals surface area contributed by atoms with Gasteiger partial charge in [-0.25, -0.2) is 13.1 Å². The van der Waals surface area contributed by atoms with E-state index in [4.69, 9.17) is 0 Å². The van der Waals surface area contributed by atoms with Gasteiger partial charge in [0, 0.05) is 25.0 Å². The first-order valence-electron chi connectivity index (χ1n) is 6.62. The fourth-order valence-corrected chi connectivity index (χ4v) is 2.51. The zero-order chi connectivity index (χ0) is 14.4. The molecule has 1 N–H and O–H groups in total. The average molecular weight is 293 g/mol. The Morgan fingerprint density at radius 1 is 1.20 bits per heavy atom. The Morgan fingerprint density at radius 2 is 1.95 bits per heavy atom. The van der Waals surface area contributed by atoms with Crippen molar-refractivity contribution in [3.05, 3.63) is 48.3 Å². The quantitative estimate of drug-likeness (QED) is 0.784. The molecule has 2 aromatic rings. The molecule has 20 heavy (non-hydrogen) atoms. The summed E-state index contributed by atoms with van der Waals surface area (Å²) in [4.78, 5) is 0. The summed E-state index contributed by atoms with van der Waals surface area (Å²) in [5.74, 6) is 0.361. The van der Waals surface area contributed by atoms with E-state index in [1.807, 2.05) is 42.6 Å². The number of rotatable bonds is 7. The lowest BCUT2D eigenvalue weighted by molar-refractivity contribution is 0.591. The standard InChI is InChI=1S/C14H19N3O2S/c1-2-20(18,19)11-9-15-12-13-8-10-17(16-13)14-6-4-3-5-7-14/h3-8,10,15H,2,9,11-12H2,1H3. The first-order chi connectivity index (χ1) is 9.61. The van der Waals surface area contributed by atoms with Crippen LogP contribution in [0.5, 0.6) is 0 Å². The number of aromatic nitrogens is 2. The van der Waals surface area contributed by atoms with Crippen molar-refractivity contribution in [3.63, 3.8) is 0 Å². The second kappa shape index (κ2) is 6.67. The molecule has 1 heterocycles. The highest BCUT2D eigenvalue weighted by Crippen LogP contribution is 2.06. The van der Waals surface area contributed by atoms with Crippen molar-refractivity contribution in [1.82, 2.24) is 15.1 Å². The van der Waals surface area contributed by atoms with Gasteiger partial charge in [0.05, 0.1) is 17.1 Å². The van der Waals surface area contributed by atoms with E-state index < -0.39 is 9.84 Å². The van der Waals surface area contributed by atoms with Gasteiger partial charge in [0.2, 0.25) is 0 Å². The number of nitrogens with zero attached hydrogens (tertiary/aromatic N) is 2. The van der Waals surface area contributed by atoms with Crippen LogP contribution in [0.15, 0.2) is 42.6 Å². The van der Waals surface area contributed by atoms with Gasteiger partial charge in [0.1, 0.15) is 0 Å². The van der Waals surface area contributed by atoms with Crippen LogP contribution in [-0.4, -0.2) is 36.2 Å². The smallest absolute Gasteiger partial charge is 0.151 e. The molecule has 0 aliphatic carbocycles. The van der Waals surface area contributed by atoms with Gasteiger partial charge in [0.15, 0.2) is 9.84 Å². The predicted octanol–water partition coefficient (Wildman–Crippen LogP) is 1.40. The number of hydrogen-bond acceptors (Lipinski definition) is 4. The monoisotopic (exact) mass is 293 g/mol. The van der Waals surface area contributed by atoms with E-state index in [1.165, 1.54) is 0 Å². The molecule has 0 saturated heterocycles. The molecule has 0 saturated carbocycles. The summed E-state index contributed by atoms with van der Waals surface area (Å²) in [7, 11) is -2.90. The molecule has 0 radical (unpaired) electrons. The largest absolute Gasteiger partial charge is 0.310 e. The minimum Gasteiger partial charge on any atom is -0.310 e. The van der Waals surface area contributed by atoms with E-state index in [2.05, 4.69) is 10.4 Å². The minimum atomic E-state index is -2.90. The molecule has 1 aromatic carbocycles. The van der Waals surface area contributed by atoms with Gasteiger partial charge in [-0.1, -0.05) is 25.1 Å². The van der Waals surface area contributed by atoms with Crippen molar-refractivity contribution in [1.29, 1.82) is 0 Å². The van der Waals surface area contributed by atoms with Crippen LogP contribution >= 0.6 is 0 Å².